The van der Waals surface area contributed by atoms with Gasteiger partial charge in [0, 0.05) is 24.3 Å². The van der Waals surface area contributed by atoms with E-state index in [4.69, 9.17) is 5.84 Å². The normalized spacial score (nSPS) is 11.4. The van der Waals surface area contributed by atoms with Crippen LogP contribution >= 0.6 is 0 Å². The lowest BCUT2D eigenvalue weighted by molar-refractivity contribution is 0.597. The highest BCUT2D eigenvalue weighted by atomic mass is 32.2. The van der Waals surface area contributed by atoms with Crippen LogP contribution in [0.4, 0.5) is 11.6 Å². The Bertz CT molecular complexity index is 530. The zero-order valence-electron chi connectivity index (χ0n) is 11.5. The van der Waals surface area contributed by atoms with Crippen LogP contribution in [0.25, 0.3) is 0 Å². The molecule has 0 aliphatic heterocycles. The molecule has 19 heavy (non-hydrogen) atoms. The lowest BCUT2D eigenvalue weighted by Gasteiger charge is -2.13. The van der Waals surface area contributed by atoms with Crippen molar-refractivity contribution in [2.45, 2.75) is 27.2 Å². The largest absolute Gasteiger partial charge is 0.369 e. The molecule has 1 rings (SSSR count). The van der Waals surface area contributed by atoms with Crippen LogP contribution in [0.15, 0.2) is 0 Å². The summed E-state index contributed by atoms with van der Waals surface area (Å²) in [4.78, 5) is 8.57. The average Bonchev–Trinajstić information content (AvgIpc) is 2.40. The fraction of sp³-hybridized carbons (Fsp3) is 0.636. The van der Waals surface area contributed by atoms with E-state index in [0.717, 1.165) is 5.56 Å². The van der Waals surface area contributed by atoms with E-state index in [0.29, 0.717) is 30.4 Å². The van der Waals surface area contributed by atoms with Crippen LogP contribution in [-0.2, 0) is 16.3 Å². The Balaban J connectivity index is 2.83. The quantitative estimate of drug-likeness (QED) is 0.494. The van der Waals surface area contributed by atoms with Gasteiger partial charge in [0.25, 0.3) is 0 Å². The second-order valence-corrected chi connectivity index (χ2v) is 6.60. The van der Waals surface area contributed by atoms with Crippen molar-refractivity contribution >= 4 is 21.5 Å². The second-order valence-electron chi connectivity index (χ2n) is 4.12. The van der Waals surface area contributed by atoms with Crippen LogP contribution in [-0.4, -0.2) is 36.4 Å². The highest BCUT2D eigenvalue weighted by molar-refractivity contribution is 7.91. The first-order valence-electron chi connectivity index (χ1n) is 6.22. The van der Waals surface area contributed by atoms with Gasteiger partial charge in [-0.25, -0.2) is 24.2 Å². The number of hydrogen-bond donors (Lipinski definition) is 3. The maximum Gasteiger partial charge on any atom is 0.151 e. The van der Waals surface area contributed by atoms with Gasteiger partial charge in [0.2, 0.25) is 0 Å². The number of rotatable bonds is 7. The van der Waals surface area contributed by atoms with Crippen LogP contribution < -0.4 is 16.6 Å². The number of nitrogens with zero attached hydrogens (tertiary/aromatic N) is 2. The molecule has 0 amide bonds. The average molecular weight is 287 g/mol. The highest BCUT2D eigenvalue weighted by Crippen LogP contribution is 2.19. The molecule has 0 fully saturated rings. The molecular formula is C11H21N5O2S. The van der Waals surface area contributed by atoms with Gasteiger partial charge in [0.05, 0.1) is 5.75 Å². The molecule has 0 radical (unpaired) electrons. The fourth-order valence-corrected chi connectivity index (χ4v) is 2.20. The van der Waals surface area contributed by atoms with E-state index >= 15 is 0 Å². The van der Waals surface area contributed by atoms with Gasteiger partial charge in [-0.1, -0.05) is 13.8 Å². The van der Waals surface area contributed by atoms with Crippen molar-refractivity contribution < 1.29 is 8.42 Å². The van der Waals surface area contributed by atoms with E-state index in [2.05, 4.69) is 20.7 Å². The minimum Gasteiger partial charge on any atom is -0.369 e. The van der Waals surface area contributed by atoms with Crippen LogP contribution in [0.1, 0.15) is 25.2 Å². The molecule has 0 unspecified atom stereocenters. The number of nitrogens with one attached hydrogen (secondary N) is 2. The molecule has 7 nitrogen and oxygen atoms in total. The highest BCUT2D eigenvalue weighted by Gasteiger charge is 2.11. The third kappa shape index (κ3) is 4.32. The van der Waals surface area contributed by atoms with E-state index in [9.17, 15) is 8.42 Å². The zero-order valence-corrected chi connectivity index (χ0v) is 12.3. The smallest absolute Gasteiger partial charge is 0.151 e. The molecular weight excluding hydrogens is 266 g/mol. The van der Waals surface area contributed by atoms with E-state index < -0.39 is 9.84 Å². The lowest BCUT2D eigenvalue weighted by Crippen LogP contribution is -2.20. The number of nitrogens with two attached hydrogens (primary N) is 1. The van der Waals surface area contributed by atoms with Crippen molar-refractivity contribution in [2.75, 3.05) is 28.8 Å². The molecule has 1 aromatic rings. The molecule has 0 aromatic carbocycles. The van der Waals surface area contributed by atoms with Crippen LogP contribution in [0, 0.1) is 6.92 Å². The molecule has 108 valence electrons. The summed E-state index contributed by atoms with van der Waals surface area (Å²) in [7, 11) is -2.98. The van der Waals surface area contributed by atoms with Crippen molar-refractivity contribution in [1.29, 1.82) is 0 Å². The van der Waals surface area contributed by atoms with Gasteiger partial charge >= 0.3 is 0 Å². The monoisotopic (exact) mass is 287 g/mol. The Hall–Kier alpha value is -1.41. The van der Waals surface area contributed by atoms with Gasteiger partial charge in [-0.05, 0) is 6.92 Å². The molecule has 1 heterocycles. The molecule has 1 aromatic heterocycles. The fourth-order valence-electron chi connectivity index (χ4n) is 1.50. The van der Waals surface area contributed by atoms with E-state index in [-0.39, 0.29) is 11.5 Å². The molecule has 0 saturated carbocycles. The number of anilines is 2. The summed E-state index contributed by atoms with van der Waals surface area (Å²) in [6, 6.07) is 0. The predicted molar refractivity (Wildman–Crippen MR) is 76.8 cm³/mol. The van der Waals surface area contributed by atoms with Gasteiger partial charge in [-0.2, -0.15) is 0 Å². The second kappa shape index (κ2) is 6.67. The van der Waals surface area contributed by atoms with Gasteiger partial charge in [0.15, 0.2) is 9.84 Å². The van der Waals surface area contributed by atoms with Gasteiger partial charge in [-0.3, -0.25) is 0 Å². The Morgan fingerprint density at radius 2 is 1.84 bits per heavy atom. The number of aromatic nitrogens is 2. The Morgan fingerprint density at radius 3 is 2.37 bits per heavy atom. The third-order valence-electron chi connectivity index (χ3n) is 2.79. The van der Waals surface area contributed by atoms with E-state index in [1.54, 1.807) is 6.92 Å². The standard InChI is InChI=1S/C11H21N5O2S/c1-4-9-14-10(8(3)11(15-9)16-12)13-6-7-19(17,18)5-2/h4-7,12H2,1-3H3,(H2,13,14,15,16). The van der Waals surface area contributed by atoms with Crippen LogP contribution in [0.5, 0.6) is 0 Å². The summed E-state index contributed by atoms with van der Waals surface area (Å²) in [6.45, 7) is 5.72. The summed E-state index contributed by atoms with van der Waals surface area (Å²) in [5.74, 6) is 7.45. The van der Waals surface area contributed by atoms with Crippen LogP contribution in [0.2, 0.25) is 0 Å². The maximum absolute atomic E-state index is 11.4. The predicted octanol–water partition coefficient (Wildman–Crippen LogP) is 0.480. The first-order chi connectivity index (χ1) is 8.93. The van der Waals surface area contributed by atoms with Gasteiger partial charge in [-0.15, -0.1) is 0 Å². The van der Waals surface area contributed by atoms with Crippen molar-refractivity contribution in [1.82, 2.24) is 9.97 Å². The van der Waals surface area contributed by atoms with E-state index in [1.165, 1.54) is 0 Å². The number of hydrogen-bond acceptors (Lipinski definition) is 7. The van der Waals surface area contributed by atoms with Gasteiger partial charge in [0.1, 0.15) is 17.5 Å². The molecule has 0 spiro atoms. The van der Waals surface area contributed by atoms with Crippen molar-refractivity contribution in [3.05, 3.63) is 11.4 Å². The summed E-state index contributed by atoms with van der Waals surface area (Å²) < 4.78 is 22.8. The molecule has 0 saturated heterocycles. The number of nitrogen functional groups attached to an aromatic ring is 1. The molecule has 8 heteroatoms. The first kappa shape index (κ1) is 15.6. The Morgan fingerprint density at radius 1 is 1.21 bits per heavy atom. The number of hydrazine groups is 1. The third-order valence-corrected chi connectivity index (χ3v) is 4.50. The summed E-state index contributed by atoms with van der Waals surface area (Å²) in [5.41, 5.74) is 3.29. The minimum absolute atomic E-state index is 0.0831. The lowest BCUT2D eigenvalue weighted by atomic mass is 10.3. The van der Waals surface area contributed by atoms with Crippen molar-refractivity contribution in [3.8, 4) is 0 Å². The topological polar surface area (TPSA) is 110 Å². The number of sulfone groups is 1. The summed E-state index contributed by atoms with van der Waals surface area (Å²) in [5, 5.41) is 3.03. The van der Waals surface area contributed by atoms with Crippen LogP contribution in [0.3, 0.4) is 0 Å². The number of aryl methyl sites for hydroxylation is 1. The zero-order chi connectivity index (χ0) is 14.5. The molecule has 4 N–H and O–H groups in total. The first-order valence-corrected chi connectivity index (χ1v) is 8.04. The van der Waals surface area contributed by atoms with Crippen molar-refractivity contribution in [2.24, 2.45) is 5.84 Å². The molecule has 0 aliphatic rings. The maximum atomic E-state index is 11.4. The SMILES string of the molecule is CCc1nc(NN)c(C)c(NCCS(=O)(=O)CC)n1. The van der Waals surface area contributed by atoms with Gasteiger partial charge < -0.3 is 10.7 Å². The van der Waals surface area contributed by atoms with Crippen molar-refractivity contribution in [3.63, 3.8) is 0 Å². The Labute approximate surface area is 113 Å². The minimum atomic E-state index is -2.98. The molecule has 0 aliphatic carbocycles. The molecule has 0 bridgehead atoms. The summed E-state index contributed by atoms with van der Waals surface area (Å²) in [6.07, 6.45) is 0.677. The summed E-state index contributed by atoms with van der Waals surface area (Å²) >= 11 is 0. The Kier molecular flexibility index (Phi) is 5.49. The van der Waals surface area contributed by atoms with E-state index in [1.807, 2.05) is 13.8 Å². The molecule has 0 atom stereocenters.